The Kier molecular flexibility index (Phi) is 4.22. The van der Waals surface area contributed by atoms with Crippen molar-refractivity contribution >= 4 is 11.6 Å². The molecule has 0 spiro atoms. The van der Waals surface area contributed by atoms with E-state index in [9.17, 15) is 0 Å². The van der Waals surface area contributed by atoms with Gasteiger partial charge in [0.05, 0.1) is 0 Å². The normalized spacial score (nSPS) is 22.2. The van der Waals surface area contributed by atoms with Gasteiger partial charge in [-0.25, -0.2) is 0 Å². The Morgan fingerprint density at radius 2 is 2.19 bits per heavy atom. The van der Waals surface area contributed by atoms with Gasteiger partial charge in [0, 0.05) is 23.7 Å². The van der Waals surface area contributed by atoms with E-state index in [4.69, 9.17) is 11.6 Å². The van der Waals surface area contributed by atoms with E-state index >= 15 is 0 Å². The first kappa shape index (κ1) is 11.9. The molecule has 2 N–H and O–H groups in total. The van der Waals surface area contributed by atoms with E-state index in [0.717, 1.165) is 11.6 Å². The van der Waals surface area contributed by atoms with Crippen LogP contribution < -0.4 is 10.6 Å². The zero-order valence-electron chi connectivity index (χ0n) is 9.67. The summed E-state index contributed by atoms with van der Waals surface area (Å²) in [7, 11) is 0. The zero-order chi connectivity index (χ0) is 11.4. The molecule has 1 saturated heterocycles. The fourth-order valence-corrected chi connectivity index (χ4v) is 2.25. The summed E-state index contributed by atoms with van der Waals surface area (Å²) in [5.41, 5.74) is 1.29. The number of rotatable bonds is 4. The van der Waals surface area contributed by atoms with Gasteiger partial charge in [0.2, 0.25) is 0 Å². The molecule has 3 heteroatoms. The first-order valence-corrected chi connectivity index (χ1v) is 6.36. The maximum Gasteiger partial charge on any atom is 0.0406 e. The van der Waals surface area contributed by atoms with Crippen molar-refractivity contribution in [3.8, 4) is 0 Å². The molecule has 1 fully saturated rings. The molecule has 1 aromatic rings. The predicted molar refractivity (Wildman–Crippen MR) is 68.9 cm³/mol. The minimum atomic E-state index is 0.389. The van der Waals surface area contributed by atoms with Crippen LogP contribution in [0, 0.1) is 0 Å². The summed E-state index contributed by atoms with van der Waals surface area (Å²) in [5, 5.41) is 7.84. The summed E-state index contributed by atoms with van der Waals surface area (Å²) in [6.45, 7) is 4.41. The summed E-state index contributed by atoms with van der Waals surface area (Å²) in [6, 6.07) is 9.10. The van der Waals surface area contributed by atoms with Crippen LogP contribution in [0.15, 0.2) is 24.3 Å². The van der Waals surface area contributed by atoms with Gasteiger partial charge in [-0.1, -0.05) is 23.7 Å². The predicted octanol–water partition coefficient (Wildman–Crippen LogP) is 2.74. The highest BCUT2D eigenvalue weighted by molar-refractivity contribution is 6.30. The van der Waals surface area contributed by atoms with Gasteiger partial charge >= 0.3 is 0 Å². The zero-order valence-corrected chi connectivity index (χ0v) is 10.4. The summed E-state index contributed by atoms with van der Waals surface area (Å²) >= 11 is 5.87. The summed E-state index contributed by atoms with van der Waals surface area (Å²) < 4.78 is 0. The average molecular weight is 239 g/mol. The topological polar surface area (TPSA) is 24.1 Å². The SMILES string of the molecule is C[C@H](NCC1CCCN1)c1ccc(Cl)cc1. The van der Waals surface area contributed by atoms with E-state index in [1.807, 2.05) is 12.1 Å². The van der Waals surface area contributed by atoms with E-state index in [-0.39, 0.29) is 0 Å². The minimum Gasteiger partial charge on any atom is -0.313 e. The Morgan fingerprint density at radius 1 is 1.44 bits per heavy atom. The van der Waals surface area contributed by atoms with Gasteiger partial charge in [0.1, 0.15) is 0 Å². The molecule has 0 amide bonds. The quantitative estimate of drug-likeness (QED) is 0.843. The van der Waals surface area contributed by atoms with E-state index in [1.54, 1.807) is 0 Å². The maximum atomic E-state index is 5.87. The van der Waals surface area contributed by atoms with Gasteiger partial charge in [0.25, 0.3) is 0 Å². The molecule has 1 unspecified atom stereocenters. The van der Waals surface area contributed by atoms with Crippen molar-refractivity contribution < 1.29 is 0 Å². The van der Waals surface area contributed by atoms with Crippen LogP contribution in [0.5, 0.6) is 0 Å². The number of halogens is 1. The molecule has 0 saturated carbocycles. The lowest BCUT2D eigenvalue weighted by Crippen LogP contribution is -2.35. The molecule has 1 aliphatic heterocycles. The van der Waals surface area contributed by atoms with Crippen LogP contribution in [0.2, 0.25) is 5.02 Å². The second kappa shape index (κ2) is 5.67. The highest BCUT2D eigenvalue weighted by Gasteiger charge is 2.14. The fraction of sp³-hybridized carbons (Fsp3) is 0.538. The molecule has 0 aliphatic carbocycles. The minimum absolute atomic E-state index is 0.389. The third kappa shape index (κ3) is 3.21. The van der Waals surface area contributed by atoms with Crippen LogP contribution in [-0.2, 0) is 0 Å². The van der Waals surface area contributed by atoms with E-state index in [1.165, 1.54) is 24.9 Å². The van der Waals surface area contributed by atoms with Gasteiger partial charge in [-0.3, -0.25) is 0 Å². The molecule has 0 radical (unpaired) electrons. The molecule has 1 aliphatic rings. The Hall–Kier alpha value is -0.570. The monoisotopic (exact) mass is 238 g/mol. The highest BCUT2D eigenvalue weighted by atomic mass is 35.5. The Morgan fingerprint density at radius 3 is 2.81 bits per heavy atom. The molecular weight excluding hydrogens is 220 g/mol. The van der Waals surface area contributed by atoms with Crippen molar-refractivity contribution in [2.75, 3.05) is 13.1 Å². The van der Waals surface area contributed by atoms with Crippen molar-refractivity contribution in [2.24, 2.45) is 0 Å². The molecule has 0 bridgehead atoms. The van der Waals surface area contributed by atoms with E-state index in [0.29, 0.717) is 12.1 Å². The van der Waals surface area contributed by atoms with Crippen LogP contribution in [0.3, 0.4) is 0 Å². The Labute approximate surface area is 102 Å². The van der Waals surface area contributed by atoms with Gasteiger partial charge in [-0.15, -0.1) is 0 Å². The average Bonchev–Trinajstić information content (AvgIpc) is 2.80. The number of hydrogen-bond donors (Lipinski definition) is 2. The molecular formula is C13H19ClN2. The molecule has 1 heterocycles. The van der Waals surface area contributed by atoms with Crippen LogP contribution in [0.4, 0.5) is 0 Å². The second-order valence-corrected chi connectivity index (χ2v) is 4.91. The molecule has 16 heavy (non-hydrogen) atoms. The van der Waals surface area contributed by atoms with Crippen molar-refractivity contribution in [2.45, 2.75) is 31.8 Å². The van der Waals surface area contributed by atoms with E-state index < -0.39 is 0 Å². The van der Waals surface area contributed by atoms with Crippen LogP contribution in [0.25, 0.3) is 0 Å². The molecule has 2 nitrogen and oxygen atoms in total. The van der Waals surface area contributed by atoms with Crippen LogP contribution in [-0.4, -0.2) is 19.1 Å². The lowest BCUT2D eigenvalue weighted by atomic mass is 10.1. The Balaban J connectivity index is 1.82. The van der Waals surface area contributed by atoms with Crippen LogP contribution in [0.1, 0.15) is 31.4 Å². The second-order valence-electron chi connectivity index (χ2n) is 4.47. The molecule has 1 aromatic carbocycles. The molecule has 88 valence electrons. The van der Waals surface area contributed by atoms with Gasteiger partial charge in [-0.2, -0.15) is 0 Å². The smallest absolute Gasteiger partial charge is 0.0406 e. The molecule has 2 atom stereocenters. The third-order valence-corrected chi connectivity index (χ3v) is 3.45. The van der Waals surface area contributed by atoms with Crippen molar-refractivity contribution in [3.05, 3.63) is 34.9 Å². The molecule has 0 aromatic heterocycles. The summed E-state index contributed by atoms with van der Waals surface area (Å²) in [6.07, 6.45) is 2.60. The highest BCUT2D eigenvalue weighted by Crippen LogP contribution is 2.16. The van der Waals surface area contributed by atoms with E-state index in [2.05, 4.69) is 29.7 Å². The first-order chi connectivity index (χ1) is 7.75. The lowest BCUT2D eigenvalue weighted by molar-refractivity contribution is 0.490. The standard InChI is InChI=1S/C13H19ClN2/c1-10(11-4-6-12(14)7-5-11)16-9-13-3-2-8-15-13/h4-7,10,13,15-16H,2-3,8-9H2,1H3/t10-,13?/m0/s1. The van der Waals surface area contributed by atoms with Crippen molar-refractivity contribution in [3.63, 3.8) is 0 Å². The first-order valence-electron chi connectivity index (χ1n) is 5.98. The van der Waals surface area contributed by atoms with Crippen molar-refractivity contribution in [1.29, 1.82) is 0 Å². The maximum absolute atomic E-state index is 5.87. The number of nitrogens with one attached hydrogen (secondary N) is 2. The molecule has 2 rings (SSSR count). The number of hydrogen-bond acceptors (Lipinski definition) is 2. The van der Waals surface area contributed by atoms with Crippen LogP contribution >= 0.6 is 11.6 Å². The Bertz CT molecular complexity index is 317. The largest absolute Gasteiger partial charge is 0.313 e. The van der Waals surface area contributed by atoms with Gasteiger partial charge in [-0.05, 0) is 44.0 Å². The van der Waals surface area contributed by atoms with Crippen molar-refractivity contribution in [1.82, 2.24) is 10.6 Å². The van der Waals surface area contributed by atoms with Gasteiger partial charge < -0.3 is 10.6 Å². The third-order valence-electron chi connectivity index (χ3n) is 3.20. The fourth-order valence-electron chi connectivity index (χ4n) is 2.12. The number of benzene rings is 1. The summed E-state index contributed by atoms with van der Waals surface area (Å²) in [5.74, 6) is 0. The van der Waals surface area contributed by atoms with Gasteiger partial charge in [0.15, 0.2) is 0 Å². The summed E-state index contributed by atoms with van der Waals surface area (Å²) in [4.78, 5) is 0. The lowest BCUT2D eigenvalue weighted by Gasteiger charge is -2.17.